The van der Waals surface area contributed by atoms with Crippen LogP contribution < -0.4 is 5.32 Å². The van der Waals surface area contributed by atoms with E-state index in [1.165, 1.54) is 18.4 Å². The van der Waals surface area contributed by atoms with Gasteiger partial charge in [-0.1, -0.05) is 12.2 Å². The third kappa shape index (κ3) is 3.88. The molecule has 2 heteroatoms. The van der Waals surface area contributed by atoms with Gasteiger partial charge in [0, 0.05) is 19.8 Å². The molecular formula is C10H19NO. The lowest BCUT2D eigenvalue weighted by Crippen LogP contribution is -2.19. The van der Waals surface area contributed by atoms with Crippen molar-refractivity contribution in [2.75, 3.05) is 26.3 Å². The molecule has 0 spiro atoms. The fourth-order valence-electron chi connectivity index (χ4n) is 1.42. The standard InChI is InChI=1S/C10H19NO/c1-9(2)7-11-5-3-10-4-6-12-8-10/h10-11H,1,3-8H2,2H3. The molecule has 1 aliphatic heterocycles. The van der Waals surface area contributed by atoms with Crippen LogP contribution in [0.25, 0.3) is 0 Å². The average Bonchev–Trinajstić information content (AvgIpc) is 2.49. The molecule has 2 nitrogen and oxygen atoms in total. The first-order chi connectivity index (χ1) is 5.79. The minimum Gasteiger partial charge on any atom is -0.381 e. The molecule has 0 saturated carbocycles. The van der Waals surface area contributed by atoms with Crippen molar-refractivity contribution in [1.29, 1.82) is 0 Å². The highest BCUT2D eigenvalue weighted by molar-refractivity contribution is 4.90. The summed E-state index contributed by atoms with van der Waals surface area (Å²) in [6.07, 6.45) is 2.49. The topological polar surface area (TPSA) is 21.3 Å². The quantitative estimate of drug-likeness (QED) is 0.498. The van der Waals surface area contributed by atoms with Crippen LogP contribution in [0.5, 0.6) is 0 Å². The first-order valence-electron chi connectivity index (χ1n) is 4.72. The first kappa shape index (κ1) is 9.75. The van der Waals surface area contributed by atoms with Crippen molar-refractivity contribution in [3.8, 4) is 0 Å². The Morgan fingerprint density at radius 3 is 3.08 bits per heavy atom. The molecule has 0 bridgehead atoms. The summed E-state index contributed by atoms with van der Waals surface area (Å²) in [5.41, 5.74) is 1.21. The summed E-state index contributed by atoms with van der Waals surface area (Å²) in [7, 11) is 0. The Morgan fingerprint density at radius 2 is 2.50 bits per heavy atom. The molecule has 1 N–H and O–H groups in total. The SMILES string of the molecule is C=C(C)CNCCC1CCOC1. The monoisotopic (exact) mass is 169 g/mol. The molecule has 0 aromatic rings. The van der Waals surface area contributed by atoms with Crippen LogP contribution in [0.2, 0.25) is 0 Å². The molecule has 0 radical (unpaired) electrons. The predicted molar refractivity (Wildman–Crippen MR) is 51.2 cm³/mol. The Balaban J connectivity index is 1.91. The van der Waals surface area contributed by atoms with Crippen molar-refractivity contribution >= 4 is 0 Å². The van der Waals surface area contributed by atoms with Gasteiger partial charge in [0.2, 0.25) is 0 Å². The van der Waals surface area contributed by atoms with Gasteiger partial charge in [0.15, 0.2) is 0 Å². The largest absolute Gasteiger partial charge is 0.381 e. The Bertz CT molecular complexity index is 139. The number of ether oxygens (including phenoxy) is 1. The van der Waals surface area contributed by atoms with Crippen LogP contribution in [0.3, 0.4) is 0 Å². The van der Waals surface area contributed by atoms with Crippen LogP contribution in [-0.2, 0) is 4.74 Å². The van der Waals surface area contributed by atoms with Gasteiger partial charge >= 0.3 is 0 Å². The zero-order valence-electron chi connectivity index (χ0n) is 7.94. The lowest BCUT2D eigenvalue weighted by molar-refractivity contribution is 0.184. The van der Waals surface area contributed by atoms with Gasteiger partial charge in [0.25, 0.3) is 0 Å². The van der Waals surface area contributed by atoms with Crippen molar-refractivity contribution in [1.82, 2.24) is 5.32 Å². The number of hydrogen-bond acceptors (Lipinski definition) is 2. The lowest BCUT2D eigenvalue weighted by Gasteiger charge is -2.07. The van der Waals surface area contributed by atoms with E-state index in [2.05, 4.69) is 11.9 Å². The first-order valence-corrected chi connectivity index (χ1v) is 4.72. The van der Waals surface area contributed by atoms with Gasteiger partial charge in [-0.15, -0.1) is 0 Å². The smallest absolute Gasteiger partial charge is 0.0495 e. The Morgan fingerprint density at radius 1 is 1.67 bits per heavy atom. The zero-order chi connectivity index (χ0) is 8.81. The maximum absolute atomic E-state index is 5.29. The molecule has 1 unspecified atom stereocenters. The van der Waals surface area contributed by atoms with Crippen LogP contribution in [-0.4, -0.2) is 26.3 Å². The summed E-state index contributed by atoms with van der Waals surface area (Å²) in [5, 5.41) is 3.36. The summed E-state index contributed by atoms with van der Waals surface area (Å²) >= 11 is 0. The molecule has 0 aromatic heterocycles. The van der Waals surface area contributed by atoms with Gasteiger partial charge in [-0.25, -0.2) is 0 Å². The minimum atomic E-state index is 0.794. The number of nitrogens with one attached hydrogen (secondary N) is 1. The minimum absolute atomic E-state index is 0.794. The Kier molecular flexibility index (Phi) is 4.33. The third-order valence-electron chi connectivity index (χ3n) is 2.18. The van der Waals surface area contributed by atoms with Gasteiger partial charge in [-0.2, -0.15) is 0 Å². The lowest BCUT2D eigenvalue weighted by atomic mass is 10.1. The van der Waals surface area contributed by atoms with Crippen molar-refractivity contribution in [2.24, 2.45) is 5.92 Å². The van der Waals surface area contributed by atoms with Crippen molar-refractivity contribution in [2.45, 2.75) is 19.8 Å². The molecule has 1 rings (SSSR count). The van der Waals surface area contributed by atoms with E-state index in [1.54, 1.807) is 0 Å². The molecule has 1 heterocycles. The highest BCUT2D eigenvalue weighted by Gasteiger charge is 2.14. The van der Waals surface area contributed by atoms with Gasteiger partial charge in [-0.05, 0) is 32.2 Å². The summed E-state index contributed by atoms with van der Waals surface area (Å²) in [6, 6.07) is 0. The van der Waals surface area contributed by atoms with E-state index < -0.39 is 0 Å². The van der Waals surface area contributed by atoms with Crippen LogP contribution in [0, 0.1) is 5.92 Å². The molecule has 1 fully saturated rings. The van der Waals surface area contributed by atoms with Crippen LogP contribution in [0.4, 0.5) is 0 Å². The Hall–Kier alpha value is -0.340. The zero-order valence-corrected chi connectivity index (χ0v) is 7.94. The van der Waals surface area contributed by atoms with E-state index in [0.717, 1.165) is 32.2 Å². The molecule has 1 aliphatic rings. The van der Waals surface area contributed by atoms with Crippen molar-refractivity contribution in [3.63, 3.8) is 0 Å². The second kappa shape index (κ2) is 5.33. The summed E-state index contributed by atoms with van der Waals surface area (Å²) < 4.78 is 5.29. The van der Waals surface area contributed by atoms with E-state index in [9.17, 15) is 0 Å². The van der Waals surface area contributed by atoms with E-state index in [-0.39, 0.29) is 0 Å². The summed E-state index contributed by atoms with van der Waals surface area (Å²) in [4.78, 5) is 0. The van der Waals surface area contributed by atoms with Crippen molar-refractivity contribution < 1.29 is 4.74 Å². The normalized spacial score (nSPS) is 22.9. The second-order valence-corrected chi connectivity index (χ2v) is 3.65. The third-order valence-corrected chi connectivity index (χ3v) is 2.18. The van der Waals surface area contributed by atoms with Crippen LogP contribution in [0.15, 0.2) is 12.2 Å². The maximum atomic E-state index is 5.29. The van der Waals surface area contributed by atoms with Gasteiger partial charge in [0.05, 0.1) is 0 Å². The number of hydrogen-bond donors (Lipinski definition) is 1. The molecule has 0 aromatic carbocycles. The summed E-state index contributed by atoms with van der Waals surface area (Å²) in [6.45, 7) is 9.87. The van der Waals surface area contributed by atoms with E-state index in [4.69, 9.17) is 4.74 Å². The molecule has 70 valence electrons. The van der Waals surface area contributed by atoms with E-state index >= 15 is 0 Å². The maximum Gasteiger partial charge on any atom is 0.0495 e. The van der Waals surface area contributed by atoms with Crippen LogP contribution >= 0.6 is 0 Å². The molecule has 1 saturated heterocycles. The van der Waals surface area contributed by atoms with E-state index in [1.807, 2.05) is 6.92 Å². The van der Waals surface area contributed by atoms with Gasteiger partial charge in [0.1, 0.15) is 0 Å². The van der Waals surface area contributed by atoms with Gasteiger partial charge in [-0.3, -0.25) is 0 Å². The fraction of sp³-hybridized carbons (Fsp3) is 0.800. The van der Waals surface area contributed by atoms with E-state index in [0.29, 0.717) is 0 Å². The average molecular weight is 169 g/mol. The molecular weight excluding hydrogens is 150 g/mol. The molecule has 1 atom stereocenters. The van der Waals surface area contributed by atoms with Crippen LogP contribution in [0.1, 0.15) is 19.8 Å². The fourth-order valence-corrected chi connectivity index (χ4v) is 1.42. The highest BCUT2D eigenvalue weighted by atomic mass is 16.5. The summed E-state index contributed by atoms with van der Waals surface area (Å²) in [5.74, 6) is 0.794. The Labute approximate surface area is 75.0 Å². The predicted octanol–water partition coefficient (Wildman–Crippen LogP) is 1.58. The number of rotatable bonds is 5. The van der Waals surface area contributed by atoms with Gasteiger partial charge < -0.3 is 10.1 Å². The highest BCUT2D eigenvalue weighted by Crippen LogP contribution is 2.14. The second-order valence-electron chi connectivity index (χ2n) is 3.65. The van der Waals surface area contributed by atoms with Crippen molar-refractivity contribution in [3.05, 3.63) is 12.2 Å². The molecule has 0 aliphatic carbocycles. The molecule has 0 amide bonds. The molecule has 12 heavy (non-hydrogen) atoms.